The maximum absolute atomic E-state index is 5.86. The summed E-state index contributed by atoms with van der Waals surface area (Å²) in [4.78, 5) is 6.89. The van der Waals surface area contributed by atoms with Crippen LogP contribution in [0.15, 0.2) is 59.1 Å². The van der Waals surface area contributed by atoms with Crippen LogP contribution in [0.5, 0.6) is 0 Å². The van der Waals surface area contributed by atoms with Gasteiger partial charge in [0, 0.05) is 25.2 Å². The Bertz CT molecular complexity index is 814. The van der Waals surface area contributed by atoms with Crippen molar-refractivity contribution < 1.29 is 9.26 Å². The van der Waals surface area contributed by atoms with Crippen molar-refractivity contribution in [3.05, 3.63) is 71.6 Å². The molecule has 0 saturated carbocycles. The van der Waals surface area contributed by atoms with Gasteiger partial charge in [-0.2, -0.15) is 4.98 Å². The van der Waals surface area contributed by atoms with Gasteiger partial charge in [0.25, 0.3) is 5.89 Å². The number of rotatable bonds is 4. The normalized spacial score (nSPS) is 18.4. The Morgan fingerprint density at radius 1 is 1.08 bits per heavy atom. The summed E-state index contributed by atoms with van der Waals surface area (Å²) in [6.45, 7) is 5.34. The van der Waals surface area contributed by atoms with Crippen LogP contribution in [0.2, 0.25) is 0 Å². The third-order valence-corrected chi connectivity index (χ3v) is 4.43. The maximum Gasteiger partial charge on any atom is 0.257 e. The first-order chi connectivity index (χ1) is 12.3. The summed E-state index contributed by atoms with van der Waals surface area (Å²) < 4.78 is 11.3. The number of benzene rings is 2. The molecule has 0 spiro atoms. The molecule has 2 aromatic carbocycles. The average molecular weight is 335 g/mol. The monoisotopic (exact) mass is 335 g/mol. The zero-order valence-electron chi connectivity index (χ0n) is 14.3. The summed E-state index contributed by atoms with van der Waals surface area (Å²) in [5.41, 5.74) is 3.54. The van der Waals surface area contributed by atoms with Crippen molar-refractivity contribution in [3.8, 4) is 11.4 Å². The summed E-state index contributed by atoms with van der Waals surface area (Å²) in [6, 6.07) is 18.5. The van der Waals surface area contributed by atoms with Crippen molar-refractivity contribution in [2.75, 3.05) is 19.7 Å². The predicted molar refractivity (Wildman–Crippen MR) is 94.9 cm³/mol. The number of aryl methyl sites for hydroxylation is 1. The lowest BCUT2D eigenvalue weighted by Gasteiger charge is -2.31. The van der Waals surface area contributed by atoms with Crippen molar-refractivity contribution in [2.45, 2.75) is 19.6 Å². The van der Waals surface area contributed by atoms with Crippen molar-refractivity contribution in [2.24, 2.45) is 0 Å². The number of hydrogen-bond acceptors (Lipinski definition) is 5. The highest BCUT2D eigenvalue weighted by Gasteiger charge is 2.27. The number of nitrogens with zero attached hydrogens (tertiary/aromatic N) is 3. The van der Waals surface area contributed by atoms with E-state index in [0.717, 1.165) is 25.2 Å². The second-order valence-electron chi connectivity index (χ2n) is 6.40. The number of morpholine rings is 1. The minimum atomic E-state index is -0.177. The van der Waals surface area contributed by atoms with E-state index in [-0.39, 0.29) is 6.10 Å². The zero-order chi connectivity index (χ0) is 17.1. The topological polar surface area (TPSA) is 51.4 Å². The van der Waals surface area contributed by atoms with Gasteiger partial charge in [-0.1, -0.05) is 65.3 Å². The van der Waals surface area contributed by atoms with Crippen LogP contribution in [0.3, 0.4) is 0 Å². The lowest BCUT2D eigenvalue weighted by atomic mass is 10.1. The van der Waals surface area contributed by atoms with E-state index >= 15 is 0 Å². The van der Waals surface area contributed by atoms with E-state index in [4.69, 9.17) is 9.26 Å². The van der Waals surface area contributed by atoms with E-state index in [1.54, 1.807) is 0 Å². The van der Waals surface area contributed by atoms with Gasteiger partial charge in [0.1, 0.15) is 6.10 Å². The van der Waals surface area contributed by atoms with E-state index in [2.05, 4.69) is 46.2 Å². The summed E-state index contributed by atoms with van der Waals surface area (Å²) in [5.74, 6) is 1.15. The lowest BCUT2D eigenvalue weighted by Crippen LogP contribution is -2.37. The minimum Gasteiger partial charge on any atom is -0.366 e. The van der Waals surface area contributed by atoms with Crippen LogP contribution >= 0.6 is 0 Å². The number of ether oxygens (including phenoxy) is 1. The summed E-state index contributed by atoms with van der Waals surface area (Å²) in [6.07, 6.45) is -0.177. The van der Waals surface area contributed by atoms with Crippen LogP contribution in [-0.4, -0.2) is 34.7 Å². The molecule has 0 aliphatic carbocycles. The predicted octanol–water partition coefficient (Wildman–Crippen LogP) is 3.62. The minimum absolute atomic E-state index is 0.177. The first kappa shape index (κ1) is 16.0. The highest BCUT2D eigenvalue weighted by molar-refractivity contribution is 5.53. The third-order valence-electron chi connectivity index (χ3n) is 4.43. The number of aromatic nitrogens is 2. The Morgan fingerprint density at radius 3 is 2.68 bits per heavy atom. The molecule has 0 radical (unpaired) electrons. The molecule has 1 fully saturated rings. The molecule has 0 bridgehead atoms. The molecule has 2 heterocycles. The Hall–Kier alpha value is -2.50. The summed E-state index contributed by atoms with van der Waals surface area (Å²) in [5, 5.41) is 4.10. The molecule has 0 amide bonds. The maximum atomic E-state index is 5.86. The van der Waals surface area contributed by atoms with Crippen molar-refractivity contribution >= 4 is 0 Å². The molecule has 0 unspecified atom stereocenters. The van der Waals surface area contributed by atoms with Crippen molar-refractivity contribution in [1.29, 1.82) is 0 Å². The van der Waals surface area contributed by atoms with Crippen LogP contribution < -0.4 is 0 Å². The van der Waals surface area contributed by atoms with Gasteiger partial charge in [-0.15, -0.1) is 0 Å². The van der Waals surface area contributed by atoms with Crippen LogP contribution in [0.1, 0.15) is 23.1 Å². The van der Waals surface area contributed by atoms with Gasteiger partial charge in [-0.3, -0.25) is 4.90 Å². The lowest BCUT2D eigenvalue weighted by molar-refractivity contribution is -0.0475. The summed E-state index contributed by atoms with van der Waals surface area (Å²) in [7, 11) is 0. The molecule has 1 saturated heterocycles. The van der Waals surface area contributed by atoms with Gasteiger partial charge < -0.3 is 9.26 Å². The summed E-state index contributed by atoms with van der Waals surface area (Å²) >= 11 is 0. The molecular formula is C20H21N3O2. The highest BCUT2D eigenvalue weighted by Crippen LogP contribution is 2.24. The van der Waals surface area contributed by atoms with Gasteiger partial charge in [-0.05, 0) is 12.5 Å². The number of hydrogen-bond donors (Lipinski definition) is 0. The molecule has 5 heteroatoms. The molecule has 5 nitrogen and oxygen atoms in total. The fraction of sp³-hybridized carbons (Fsp3) is 0.300. The Balaban J connectivity index is 1.44. The van der Waals surface area contributed by atoms with E-state index in [1.807, 2.05) is 30.3 Å². The largest absolute Gasteiger partial charge is 0.366 e. The van der Waals surface area contributed by atoms with E-state index in [9.17, 15) is 0 Å². The Labute approximate surface area is 147 Å². The fourth-order valence-corrected chi connectivity index (χ4v) is 3.02. The van der Waals surface area contributed by atoms with Crippen LogP contribution in [0.4, 0.5) is 0 Å². The van der Waals surface area contributed by atoms with Gasteiger partial charge >= 0.3 is 0 Å². The Kier molecular flexibility index (Phi) is 4.59. The Morgan fingerprint density at radius 2 is 1.88 bits per heavy atom. The first-order valence-corrected chi connectivity index (χ1v) is 8.56. The van der Waals surface area contributed by atoms with Gasteiger partial charge in [0.05, 0.1) is 6.61 Å². The van der Waals surface area contributed by atoms with Gasteiger partial charge in [0.15, 0.2) is 0 Å². The van der Waals surface area contributed by atoms with Crippen LogP contribution in [0, 0.1) is 6.92 Å². The molecule has 1 aliphatic heterocycles. The SMILES string of the molecule is Cc1ccc(CN2CCO[C@H](c3nc(-c4ccccc4)no3)C2)cc1. The van der Waals surface area contributed by atoms with Crippen molar-refractivity contribution in [1.82, 2.24) is 15.0 Å². The second-order valence-corrected chi connectivity index (χ2v) is 6.40. The van der Waals surface area contributed by atoms with Gasteiger partial charge in [-0.25, -0.2) is 0 Å². The molecule has 1 aliphatic rings. The first-order valence-electron chi connectivity index (χ1n) is 8.56. The fourth-order valence-electron chi connectivity index (χ4n) is 3.02. The van der Waals surface area contributed by atoms with E-state index in [1.165, 1.54) is 11.1 Å². The van der Waals surface area contributed by atoms with Gasteiger partial charge in [0.2, 0.25) is 5.82 Å². The highest BCUT2D eigenvalue weighted by atomic mass is 16.5. The zero-order valence-corrected chi connectivity index (χ0v) is 14.3. The van der Waals surface area contributed by atoms with E-state index < -0.39 is 0 Å². The molecule has 25 heavy (non-hydrogen) atoms. The second kappa shape index (κ2) is 7.17. The third kappa shape index (κ3) is 3.78. The smallest absolute Gasteiger partial charge is 0.257 e. The van der Waals surface area contributed by atoms with E-state index in [0.29, 0.717) is 18.3 Å². The quantitative estimate of drug-likeness (QED) is 0.729. The molecule has 3 aromatic rings. The van der Waals surface area contributed by atoms with Crippen molar-refractivity contribution in [3.63, 3.8) is 0 Å². The molecule has 0 N–H and O–H groups in total. The molecule has 1 aromatic heterocycles. The van der Waals surface area contributed by atoms with Crippen LogP contribution in [-0.2, 0) is 11.3 Å². The standard InChI is InChI=1S/C20H21N3O2/c1-15-7-9-16(10-8-15)13-23-11-12-24-18(14-23)20-21-19(22-25-20)17-5-3-2-4-6-17/h2-10,18H,11-14H2,1H3/t18-/m0/s1. The molecule has 128 valence electrons. The average Bonchev–Trinajstić information content (AvgIpc) is 3.15. The molecular weight excluding hydrogens is 314 g/mol. The molecule has 1 atom stereocenters. The van der Waals surface area contributed by atoms with Crippen LogP contribution in [0.25, 0.3) is 11.4 Å². The molecule has 4 rings (SSSR count).